The smallest absolute Gasteiger partial charge is 0.270 e. The van der Waals surface area contributed by atoms with Crippen molar-refractivity contribution in [1.82, 2.24) is 19.5 Å². The highest BCUT2D eigenvalue weighted by Gasteiger charge is 2.19. The van der Waals surface area contributed by atoms with Crippen LogP contribution in [0.4, 0.5) is 10.1 Å². The first-order chi connectivity index (χ1) is 14.5. The summed E-state index contributed by atoms with van der Waals surface area (Å²) in [4.78, 5) is 24.7. The minimum atomic E-state index is -0.465. The zero-order chi connectivity index (χ0) is 20.8. The number of fused-ring (bicyclic) bond motifs is 2. The number of hydrogen-bond acceptors (Lipinski definition) is 5. The van der Waals surface area contributed by atoms with Gasteiger partial charge in [-0.25, -0.2) is 19.3 Å². The van der Waals surface area contributed by atoms with Gasteiger partial charge in [-0.3, -0.25) is 14.7 Å². The molecule has 0 saturated carbocycles. The van der Waals surface area contributed by atoms with Gasteiger partial charge in [-0.2, -0.15) is 0 Å². The quantitative estimate of drug-likeness (QED) is 0.315. The van der Waals surface area contributed by atoms with Crippen LogP contribution >= 0.6 is 0 Å². The molecule has 0 aliphatic carbocycles. The average Bonchev–Trinajstić information content (AvgIpc) is 3.12. The van der Waals surface area contributed by atoms with E-state index in [1.54, 1.807) is 35.8 Å². The molecule has 0 fully saturated rings. The van der Waals surface area contributed by atoms with Crippen LogP contribution in [0.1, 0.15) is 5.56 Å². The number of aryl methyl sites for hydroxylation is 1. The van der Waals surface area contributed by atoms with Gasteiger partial charge >= 0.3 is 0 Å². The van der Waals surface area contributed by atoms with Crippen molar-refractivity contribution >= 4 is 28.0 Å². The Morgan fingerprint density at radius 3 is 2.43 bits per heavy atom. The van der Waals surface area contributed by atoms with Crippen LogP contribution in [-0.2, 0) is 0 Å². The van der Waals surface area contributed by atoms with E-state index in [-0.39, 0.29) is 11.5 Å². The molecule has 0 N–H and O–H groups in total. The SMILES string of the molecule is Cc1ccc(-n2c(-c3cccc([N+](=O)[O-])c3)nc3nc4ccccc4nc32)cc1F. The molecule has 0 spiro atoms. The molecule has 2 aromatic heterocycles. The van der Waals surface area contributed by atoms with E-state index >= 15 is 0 Å². The summed E-state index contributed by atoms with van der Waals surface area (Å²) in [5.74, 6) is 0.0281. The predicted octanol–water partition coefficient (Wildman–Crippen LogP) is 4.99. The number of aromatic nitrogens is 4. The van der Waals surface area contributed by atoms with Gasteiger partial charge in [0.1, 0.15) is 11.6 Å². The van der Waals surface area contributed by atoms with E-state index in [4.69, 9.17) is 4.98 Å². The first-order valence-electron chi connectivity index (χ1n) is 9.18. The molecule has 5 aromatic rings. The number of para-hydroxylation sites is 2. The lowest BCUT2D eigenvalue weighted by atomic mass is 10.1. The Bertz CT molecular complexity index is 1460. The molecule has 30 heavy (non-hydrogen) atoms. The van der Waals surface area contributed by atoms with Crippen LogP contribution < -0.4 is 0 Å². The minimum Gasteiger partial charge on any atom is -0.275 e. The molecule has 0 unspecified atom stereocenters. The lowest BCUT2D eigenvalue weighted by Crippen LogP contribution is -2.01. The van der Waals surface area contributed by atoms with Gasteiger partial charge in [-0.15, -0.1) is 0 Å². The van der Waals surface area contributed by atoms with Crippen LogP contribution in [0.5, 0.6) is 0 Å². The highest BCUT2D eigenvalue weighted by Crippen LogP contribution is 2.30. The van der Waals surface area contributed by atoms with Crippen molar-refractivity contribution in [3.63, 3.8) is 0 Å². The Kier molecular flexibility index (Phi) is 3.99. The fourth-order valence-electron chi connectivity index (χ4n) is 3.37. The van der Waals surface area contributed by atoms with Crippen LogP contribution in [-0.4, -0.2) is 24.4 Å². The van der Waals surface area contributed by atoms with E-state index in [9.17, 15) is 14.5 Å². The summed E-state index contributed by atoms with van der Waals surface area (Å²) in [5, 5.41) is 11.3. The maximum atomic E-state index is 14.4. The minimum absolute atomic E-state index is 0.0627. The molecule has 2 heterocycles. The summed E-state index contributed by atoms with van der Waals surface area (Å²) in [6.07, 6.45) is 0. The second-order valence-electron chi connectivity index (χ2n) is 6.87. The van der Waals surface area contributed by atoms with E-state index in [1.807, 2.05) is 24.3 Å². The van der Waals surface area contributed by atoms with Gasteiger partial charge < -0.3 is 0 Å². The Hall–Kier alpha value is -4.20. The maximum absolute atomic E-state index is 14.4. The maximum Gasteiger partial charge on any atom is 0.270 e. The third-order valence-electron chi connectivity index (χ3n) is 4.90. The molecular formula is C22H14FN5O2. The molecule has 0 radical (unpaired) electrons. The van der Waals surface area contributed by atoms with Gasteiger partial charge in [0.15, 0.2) is 11.3 Å². The highest BCUT2D eigenvalue weighted by molar-refractivity contribution is 5.86. The van der Waals surface area contributed by atoms with Crippen LogP contribution in [0.25, 0.3) is 39.4 Å². The number of hydrogen-bond donors (Lipinski definition) is 0. The zero-order valence-corrected chi connectivity index (χ0v) is 15.8. The molecular weight excluding hydrogens is 385 g/mol. The number of nitrogens with zero attached hydrogens (tertiary/aromatic N) is 5. The second-order valence-corrected chi connectivity index (χ2v) is 6.87. The van der Waals surface area contributed by atoms with Crippen molar-refractivity contribution < 1.29 is 9.31 Å². The standard InChI is InChI=1S/C22H14FN5O2/c1-13-9-10-15(12-17(13)23)27-21(14-5-4-6-16(11-14)28(29)30)26-20-22(27)25-19-8-3-2-7-18(19)24-20/h2-12H,1H3. The number of imidazole rings is 1. The van der Waals surface area contributed by atoms with Crippen molar-refractivity contribution in [2.24, 2.45) is 0 Å². The predicted molar refractivity (Wildman–Crippen MR) is 111 cm³/mol. The monoisotopic (exact) mass is 399 g/mol. The summed E-state index contributed by atoms with van der Waals surface area (Å²) >= 11 is 0. The molecule has 7 nitrogen and oxygen atoms in total. The lowest BCUT2D eigenvalue weighted by molar-refractivity contribution is -0.384. The Balaban J connectivity index is 1.87. The number of nitro benzene ring substituents is 1. The van der Waals surface area contributed by atoms with Crippen molar-refractivity contribution in [2.75, 3.05) is 0 Å². The third kappa shape index (κ3) is 2.86. The van der Waals surface area contributed by atoms with Gasteiger partial charge in [-0.1, -0.05) is 30.3 Å². The van der Waals surface area contributed by atoms with E-state index in [0.717, 1.165) is 0 Å². The lowest BCUT2D eigenvalue weighted by Gasteiger charge is -2.10. The first kappa shape index (κ1) is 17.9. The largest absolute Gasteiger partial charge is 0.275 e. The van der Waals surface area contributed by atoms with Crippen molar-refractivity contribution in [2.45, 2.75) is 6.92 Å². The molecule has 146 valence electrons. The highest BCUT2D eigenvalue weighted by atomic mass is 19.1. The Labute approximate surface area is 169 Å². The molecule has 0 aliphatic rings. The van der Waals surface area contributed by atoms with Crippen molar-refractivity contribution in [1.29, 1.82) is 0 Å². The van der Waals surface area contributed by atoms with Crippen LogP contribution in [0.3, 0.4) is 0 Å². The van der Waals surface area contributed by atoms with E-state index in [0.29, 0.717) is 45.0 Å². The normalized spacial score (nSPS) is 11.3. The van der Waals surface area contributed by atoms with Crippen LogP contribution in [0.15, 0.2) is 66.7 Å². The number of halogens is 1. The molecule has 8 heteroatoms. The summed E-state index contributed by atoms with van der Waals surface area (Å²) in [6.45, 7) is 1.68. The molecule has 3 aromatic carbocycles. The van der Waals surface area contributed by atoms with Gasteiger partial charge in [-0.05, 0) is 36.8 Å². The number of nitro groups is 1. The third-order valence-corrected chi connectivity index (χ3v) is 4.90. The van der Waals surface area contributed by atoms with Crippen LogP contribution in [0, 0.1) is 22.9 Å². The Morgan fingerprint density at radius 1 is 0.933 bits per heavy atom. The number of rotatable bonds is 3. The summed E-state index contributed by atoms with van der Waals surface area (Å²) in [7, 11) is 0. The zero-order valence-electron chi connectivity index (χ0n) is 15.8. The summed E-state index contributed by atoms with van der Waals surface area (Å²) < 4.78 is 16.0. The summed E-state index contributed by atoms with van der Waals surface area (Å²) in [5.41, 5.74) is 3.62. The van der Waals surface area contributed by atoms with E-state index in [2.05, 4.69) is 9.97 Å². The van der Waals surface area contributed by atoms with Gasteiger partial charge in [0.05, 0.1) is 21.6 Å². The molecule has 0 amide bonds. The Morgan fingerprint density at radius 2 is 1.70 bits per heavy atom. The molecule has 0 bridgehead atoms. The number of non-ortho nitro benzene ring substituents is 1. The number of benzene rings is 3. The van der Waals surface area contributed by atoms with Gasteiger partial charge in [0.25, 0.3) is 5.69 Å². The van der Waals surface area contributed by atoms with Gasteiger partial charge in [0, 0.05) is 17.7 Å². The second kappa shape index (κ2) is 6.70. The van der Waals surface area contributed by atoms with Crippen molar-refractivity contribution in [3.8, 4) is 17.1 Å². The van der Waals surface area contributed by atoms with Gasteiger partial charge in [0.2, 0.25) is 0 Å². The first-order valence-corrected chi connectivity index (χ1v) is 9.18. The van der Waals surface area contributed by atoms with E-state index < -0.39 is 4.92 Å². The van der Waals surface area contributed by atoms with Crippen molar-refractivity contribution in [3.05, 3.63) is 88.2 Å². The summed E-state index contributed by atoms with van der Waals surface area (Å²) in [6, 6.07) is 18.4. The molecule has 5 rings (SSSR count). The van der Waals surface area contributed by atoms with Crippen LogP contribution in [0.2, 0.25) is 0 Å². The molecule has 0 saturated heterocycles. The van der Waals surface area contributed by atoms with E-state index in [1.165, 1.54) is 18.2 Å². The fourth-order valence-corrected chi connectivity index (χ4v) is 3.37. The fraction of sp³-hybridized carbons (Fsp3) is 0.0455. The molecule has 0 aliphatic heterocycles. The average molecular weight is 399 g/mol. The molecule has 0 atom stereocenters. The topological polar surface area (TPSA) is 86.7 Å².